The van der Waals surface area contributed by atoms with Gasteiger partial charge in [0.05, 0.1) is 16.1 Å². The minimum absolute atomic E-state index is 0.277. The van der Waals surface area contributed by atoms with Crippen molar-refractivity contribution in [1.29, 1.82) is 0 Å². The first-order chi connectivity index (χ1) is 16.1. The minimum Gasteiger partial charge on any atom is -0.322 e. The number of carbonyl (C=O) groups excluding carboxylic acids is 3. The smallest absolute Gasteiger partial charge is 0.322 e. The molecule has 0 atom stereocenters. The fourth-order valence-electron chi connectivity index (χ4n) is 3.07. The molecule has 0 spiro atoms. The third-order valence-corrected chi connectivity index (χ3v) is 5.44. The van der Waals surface area contributed by atoms with Crippen LogP contribution in [-0.4, -0.2) is 17.8 Å². The van der Waals surface area contributed by atoms with Crippen LogP contribution in [0.4, 0.5) is 27.5 Å². The lowest BCUT2D eigenvalue weighted by molar-refractivity contribution is 0.102. The van der Waals surface area contributed by atoms with Gasteiger partial charge in [-0.1, -0.05) is 42.5 Å². The van der Waals surface area contributed by atoms with E-state index >= 15 is 0 Å². The SMILES string of the molecule is O=C(Nc1ccccc1)Nc1cccc(NC(=O)c2ccccc2NC(=O)c2cccs2)c1. The van der Waals surface area contributed by atoms with Crippen molar-refractivity contribution in [2.75, 3.05) is 21.3 Å². The average molecular weight is 457 g/mol. The minimum atomic E-state index is -0.397. The van der Waals surface area contributed by atoms with Gasteiger partial charge in [0, 0.05) is 17.1 Å². The van der Waals surface area contributed by atoms with Crippen LogP contribution in [0.25, 0.3) is 0 Å². The first-order valence-corrected chi connectivity index (χ1v) is 10.9. The monoisotopic (exact) mass is 456 g/mol. The maximum atomic E-state index is 12.9. The summed E-state index contributed by atoms with van der Waals surface area (Å²) in [5, 5.41) is 12.9. The van der Waals surface area contributed by atoms with E-state index < -0.39 is 6.03 Å². The molecule has 4 rings (SSSR count). The zero-order chi connectivity index (χ0) is 23.0. The predicted molar refractivity (Wildman–Crippen MR) is 132 cm³/mol. The third kappa shape index (κ3) is 5.84. The third-order valence-electron chi connectivity index (χ3n) is 4.57. The first kappa shape index (κ1) is 21.8. The number of amides is 4. The Morgan fingerprint density at radius 1 is 0.576 bits per heavy atom. The van der Waals surface area contributed by atoms with E-state index in [1.807, 2.05) is 23.6 Å². The van der Waals surface area contributed by atoms with Crippen LogP contribution in [0.15, 0.2) is 96.4 Å². The van der Waals surface area contributed by atoms with Crippen LogP contribution in [0.5, 0.6) is 0 Å². The van der Waals surface area contributed by atoms with Crippen molar-refractivity contribution in [3.05, 3.63) is 107 Å². The number of urea groups is 1. The second-order valence-electron chi connectivity index (χ2n) is 6.96. The maximum Gasteiger partial charge on any atom is 0.323 e. The Hall–Kier alpha value is -4.43. The van der Waals surface area contributed by atoms with Crippen molar-refractivity contribution >= 4 is 51.9 Å². The van der Waals surface area contributed by atoms with Crippen molar-refractivity contribution in [3.63, 3.8) is 0 Å². The molecule has 1 heterocycles. The molecule has 164 valence electrons. The number of carbonyl (C=O) groups is 3. The van der Waals surface area contributed by atoms with Gasteiger partial charge in [-0.25, -0.2) is 4.79 Å². The molecule has 3 aromatic carbocycles. The van der Waals surface area contributed by atoms with Crippen molar-refractivity contribution in [1.82, 2.24) is 0 Å². The molecule has 4 aromatic rings. The lowest BCUT2D eigenvalue weighted by Crippen LogP contribution is -2.20. The molecule has 0 bridgehead atoms. The normalized spacial score (nSPS) is 10.2. The number of hydrogen-bond acceptors (Lipinski definition) is 4. The van der Waals surface area contributed by atoms with Crippen LogP contribution >= 0.6 is 11.3 Å². The first-order valence-electron chi connectivity index (χ1n) is 10.1. The Kier molecular flexibility index (Phi) is 6.77. The van der Waals surface area contributed by atoms with Gasteiger partial charge in [-0.15, -0.1) is 11.3 Å². The van der Waals surface area contributed by atoms with E-state index in [-0.39, 0.29) is 11.8 Å². The maximum absolute atomic E-state index is 12.9. The Bertz CT molecular complexity index is 1270. The Morgan fingerprint density at radius 2 is 1.24 bits per heavy atom. The van der Waals surface area contributed by atoms with Crippen LogP contribution < -0.4 is 21.3 Å². The summed E-state index contributed by atoms with van der Waals surface area (Å²) in [6, 6.07) is 25.8. The molecule has 1 aromatic heterocycles. The van der Waals surface area contributed by atoms with E-state index in [4.69, 9.17) is 0 Å². The van der Waals surface area contributed by atoms with Gasteiger partial charge in [0.1, 0.15) is 0 Å². The van der Waals surface area contributed by atoms with Crippen molar-refractivity contribution < 1.29 is 14.4 Å². The summed E-state index contributed by atoms with van der Waals surface area (Å²) < 4.78 is 0. The summed E-state index contributed by atoms with van der Waals surface area (Å²) in [4.78, 5) is 38.1. The van der Waals surface area contributed by atoms with Gasteiger partial charge in [-0.2, -0.15) is 0 Å². The highest BCUT2D eigenvalue weighted by Crippen LogP contribution is 2.21. The fourth-order valence-corrected chi connectivity index (χ4v) is 3.69. The van der Waals surface area contributed by atoms with E-state index in [0.717, 1.165) is 0 Å². The molecule has 0 aliphatic carbocycles. The van der Waals surface area contributed by atoms with E-state index in [1.165, 1.54) is 11.3 Å². The second kappa shape index (κ2) is 10.3. The molecule has 7 nitrogen and oxygen atoms in total. The van der Waals surface area contributed by atoms with Crippen molar-refractivity contribution in [2.45, 2.75) is 0 Å². The molecule has 0 saturated heterocycles. The number of para-hydroxylation sites is 2. The number of benzene rings is 3. The van der Waals surface area contributed by atoms with Crippen LogP contribution in [0.2, 0.25) is 0 Å². The molecule has 4 N–H and O–H groups in total. The van der Waals surface area contributed by atoms with Crippen LogP contribution in [0.3, 0.4) is 0 Å². The summed E-state index contributed by atoms with van der Waals surface area (Å²) in [5.74, 6) is -0.663. The molecule has 33 heavy (non-hydrogen) atoms. The topological polar surface area (TPSA) is 99.3 Å². The van der Waals surface area contributed by atoms with Crippen molar-refractivity contribution in [3.8, 4) is 0 Å². The molecule has 8 heteroatoms. The Morgan fingerprint density at radius 3 is 2.00 bits per heavy atom. The molecule has 0 radical (unpaired) electrons. The summed E-state index contributed by atoms with van der Waals surface area (Å²) in [7, 11) is 0. The molecule has 0 aliphatic heterocycles. The number of anilines is 4. The van der Waals surface area contributed by atoms with Crippen LogP contribution in [-0.2, 0) is 0 Å². The highest BCUT2D eigenvalue weighted by atomic mass is 32.1. The Labute approximate surface area is 194 Å². The lowest BCUT2D eigenvalue weighted by atomic mass is 10.1. The van der Waals surface area contributed by atoms with Crippen molar-refractivity contribution in [2.24, 2.45) is 0 Å². The van der Waals surface area contributed by atoms with Gasteiger partial charge in [-0.3, -0.25) is 9.59 Å². The van der Waals surface area contributed by atoms with Gasteiger partial charge in [0.2, 0.25) is 0 Å². The van der Waals surface area contributed by atoms with E-state index in [9.17, 15) is 14.4 Å². The van der Waals surface area contributed by atoms with Gasteiger partial charge < -0.3 is 21.3 Å². The predicted octanol–water partition coefficient (Wildman–Crippen LogP) is 5.90. The number of thiophene rings is 1. The van der Waals surface area contributed by atoms with E-state index in [0.29, 0.717) is 33.2 Å². The largest absolute Gasteiger partial charge is 0.323 e. The fraction of sp³-hybridized carbons (Fsp3) is 0. The summed E-state index contributed by atoms with van der Waals surface area (Å²) in [6.45, 7) is 0. The number of hydrogen-bond donors (Lipinski definition) is 4. The summed E-state index contributed by atoms with van der Waals surface area (Å²) in [6.07, 6.45) is 0. The van der Waals surface area contributed by atoms with E-state index in [1.54, 1.807) is 72.8 Å². The summed E-state index contributed by atoms with van der Waals surface area (Å²) >= 11 is 1.32. The highest BCUT2D eigenvalue weighted by molar-refractivity contribution is 7.12. The molecule has 0 unspecified atom stereocenters. The number of nitrogens with one attached hydrogen (secondary N) is 4. The lowest BCUT2D eigenvalue weighted by Gasteiger charge is -2.12. The summed E-state index contributed by atoms with van der Waals surface area (Å²) in [5.41, 5.74) is 2.41. The van der Waals surface area contributed by atoms with Crippen LogP contribution in [0.1, 0.15) is 20.0 Å². The van der Waals surface area contributed by atoms with Gasteiger partial charge in [0.25, 0.3) is 11.8 Å². The zero-order valence-electron chi connectivity index (χ0n) is 17.4. The average Bonchev–Trinajstić information content (AvgIpc) is 3.35. The van der Waals surface area contributed by atoms with Crippen LogP contribution in [0, 0.1) is 0 Å². The zero-order valence-corrected chi connectivity index (χ0v) is 18.2. The quantitative estimate of drug-likeness (QED) is 0.291. The molecule has 0 fully saturated rings. The van der Waals surface area contributed by atoms with Gasteiger partial charge >= 0.3 is 6.03 Å². The molecule has 4 amide bonds. The Balaban J connectivity index is 1.43. The molecule has 0 saturated carbocycles. The molecular formula is C25H20N4O3S. The molecular weight excluding hydrogens is 436 g/mol. The highest BCUT2D eigenvalue weighted by Gasteiger charge is 2.15. The van der Waals surface area contributed by atoms with Gasteiger partial charge in [-0.05, 0) is 53.9 Å². The second-order valence-corrected chi connectivity index (χ2v) is 7.90. The van der Waals surface area contributed by atoms with Gasteiger partial charge in [0.15, 0.2) is 0 Å². The standard InChI is InChI=1S/C25H20N4O3S/c30-23(20-12-4-5-13-21(20)29-24(31)22-14-7-15-33-22)26-18-10-6-11-19(16-18)28-25(32)27-17-8-2-1-3-9-17/h1-16H,(H,26,30)(H,29,31)(H2,27,28,32). The number of rotatable bonds is 6. The van der Waals surface area contributed by atoms with E-state index in [2.05, 4.69) is 21.3 Å². The molecule has 0 aliphatic rings.